The Hall–Kier alpha value is -4.01. The fraction of sp³-hybridized carbons (Fsp3) is 0.261. The van der Waals surface area contributed by atoms with Crippen LogP contribution in [0.1, 0.15) is 41.4 Å². The van der Waals surface area contributed by atoms with E-state index in [1.165, 1.54) is 0 Å². The number of carbonyl (C=O) groups is 1. The Kier molecular flexibility index (Phi) is 5.98. The third-order valence-electron chi connectivity index (χ3n) is 5.13. The molecule has 0 radical (unpaired) electrons. The second-order valence-corrected chi connectivity index (χ2v) is 7.60. The highest BCUT2D eigenvalue weighted by atomic mass is 16.1. The van der Waals surface area contributed by atoms with Crippen LogP contribution in [-0.4, -0.2) is 37.2 Å². The van der Waals surface area contributed by atoms with Gasteiger partial charge < -0.3 is 16.0 Å². The number of benzene rings is 1. The number of hydrogen-bond donors (Lipinski definition) is 3. The second kappa shape index (κ2) is 9.01. The molecule has 1 atom stereocenters. The molecule has 0 aliphatic carbocycles. The van der Waals surface area contributed by atoms with Gasteiger partial charge in [0.25, 0.3) is 5.91 Å². The molecule has 9 nitrogen and oxygen atoms in total. The molecule has 0 spiro atoms. The lowest BCUT2D eigenvalue weighted by molar-refractivity contribution is 0.102. The van der Waals surface area contributed by atoms with Crippen molar-refractivity contribution in [2.24, 2.45) is 7.05 Å². The highest BCUT2D eigenvalue weighted by Gasteiger charge is 2.12. The first kappa shape index (κ1) is 21.2. The summed E-state index contributed by atoms with van der Waals surface area (Å²) in [7, 11) is 1.83. The lowest BCUT2D eigenvalue weighted by Crippen LogP contribution is -2.14. The molecule has 0 saturated heterocycles. The standard InChI is InChI=1S/C23H26N8O/c1-5-24-21-14(2)9-17(11-26-21)23(32)29-18-8-6-7-16(10-18)15(3)28-20-13-25-19-12-27-31(4)22(19)30-20/h6-13,15H,5H2,1-4H3,(H,24,26)(H,28,30)(H,29,32)/t15-/m0/s1. The number of fused-ring (bicyclic) bond motifs is 1. The van der Waals surface area contributed by atoms with Crippen LogP contribution in [0.4, 0.5) is 17.3 Å². The van der Waals surface area contributed by atoms with Crippen molar-refractivity contribution in [1.82, 2.24) is 24.7 Å². The maximum absolute atomic E-state index is 12.7. The lowest BCUT2D eigenvalue weighted by Gasteiger charge is -2.16. The van der Waals surface area contributed by atoms with Crippen LogP contribution >= 0.6 is 0 Å². The topological polar surface area (TPSA) is 110 Å². The van der Waals surface area contributed by atoms with E-state index in [9.17, 15) is 4.79 Å². The van der Waals surface area contributed by atoms with Gasteiger partial charge in [0.05, 0.1) is 24.0 Å². The molecule has 4 rings (SSSR count). The van der Waals surface area contributed by atoms with Gasteiger partial charge in [-0.05, 0) is 50.1 Å². The number of amides is 1. The Bertz CT molecular complexity index is 1270. The zero-order chi connectivity index (χ0) is 22.7. The van der Waals surface area contributed by atoms with E-state index in [4.69, 9.17) is 0 Å². The number of nitrogens with zero attached hydrogens (tertiary/aromatic N) is 5. The zero-order valence-electron chi connectivity index (χ0n) is 18.5. The molecule has 0 bridgehead atoms. The van der Waals surface area contributed by atoms with Crippen LogP contribution in [0.3, 0.4) is 0 Å². The Morgan fingerprint density at radius 1 is 1.16 bits per heavy atom. The van der Waals surface area contributed by atoms with Crippen LogP contribution in [0.2, 0.25) is 0 Å². The predicted molar refractivity (Wildman–Crippen MR) is 126 cm³/mol. The minimum Gasteiger partial charge on any atom is -0.370 e. The molecule has 0 unspecified atom stereocenters. The first-order valence-corrected chi connectivity index (χ1v) is 10.5. The zero-order valence-corrected chi connectivity index (χ0v) is 18.5. The first-order valence-electron chi connectivity index (χ1n) is 10.5. The summed E-state index contributed by atoms with van der Waals surface area (Å²) in [4.78, 5) is 26.0. The summed E-state index contributed by atoms with van der Waals surface area (Å²) < 4.78 is 1.69. The van der Waals surface area contributed by atoms with E-state index in [-0.39, 0.29) is 11.9 Å². The molecule has 0 aliphatic rings. The second-order valence-electron chi connectivity index (χ2n) is 7.60. The fourth-order valence-electron chi connectivity index (χ4n) is 3.43. The maximum atomic E-state index is 12.7. The SMILES string of the molecule is CCNc1ncc(C(=O)Nc2cccc([C@H](C)Nc3cnc4cnn(C)c4n3)c2)cc1C. The number of anilines is 3. The van der Waals surface area contributed by atoms with E-state index < -0.39 is 0 Å². The molecule has 0 aliphatic heterocycles. The van der Waals surface area contributed by atoms with Crippen LogP contribution in [0.25, 0.3) is 11.2 Å². The molecule has 9 heteroatoms. The molecule has 3 aromatic heterocycles. The highest BCUT2D eigenvalue weighted by Crippen LogP contribution is 2.22. The summed E-state index contributed by atoms with van der Waals surface area (Å²) >= 11 is 0. The minimum atomic E-state index is -0.200. The Labute approximate surface area is 186 Å². The van der Waals surface area contributed by atoms with Crippen LogP contribution < -0.4 is 16.0 Å². The average molecular weight is 431 g/mol. The molecule has 3 heterocycles. The Morgan fingerprint density at radius 3 is 2.78 bits per heavy atom. The van der Waals surface area contributed by atoms with E-state index in [1.54, 1.807) is 23.3 Å². The maximum Gasteiger partial charge on any atom is 0.257 e. The quantitative estimate of drug-likeness (QED) is 0.408. The number of rotatable bonds is 7. The Balaban J connectivity index is 1.47. The Morgan fingerprint density at radius 2 is 2.00 bits per heavy atom. The van der Waals surface area contributed by atoms with E-state index in [0.717, 1.165) is 29.0 Å². The van der Waals surface area contributed by atoms with Gasteiger partial charge in [-0.1, -0.05) is 12.1 Å². The monoisotopic (exact) mass is 430 g/mol. The van der Waals surface area contributed by atoms with Gasteiger partial charge in [-0.2, -0.15) is 5.10 Å². The van der Waals surface area contributed by atoms with Gasteiger partial charge >= 0.3 is 0 Å². The lowest BCUT2D eigenvalue weighted by atomic mass is 10.1. The van der Waals surface area contributed by atoms with Crippen molar-refractivity contribution < 1.29 is 4.79 Å². The van der Waals surface area contributed by atoms with E-state index in [2.05, 4.69) is 36.0 Å². The van der Waals surface area contributed by atoms with Gasteiger partial charge in [0.1, 0.15) is 17.2 Å². The van der Waals surface area contributed by atoms with Gasteiger partial charge in [0, 0.05) is 25.5 Å². The molecule has 3 N–H and O–H groups in total. The largest absolute Gasteiger partial charge is 0.370 e. The number of aromatic nitrogens is 5. The number of hydrogen-bond acceptors (Lipinski definition) is 7. The van der Waals surface area contributed by atoms with E-state index in [0.29, 0.717) is 22.7 Å². The van der Waals surface area contributed by atoms with Gasteiger partial charge in [0.2, 0.25) is 0 Å². The molecular weight excluding hydrogens is 404 g/mol. The molecule has 0 fully saturated rings. The number of aryl methyl sites for hydroxylation is 2. The molecule has 1 amide bonds. The normalized spacial score (nSPS) is 11.9. The van der Waals surface area contributed by atoms with Crippen LogP contribution in [0.5, 0.6) is 0 Å². The summed E-state index contributed by atoms with van der Waals surface area (Å²) in [5.41, 5.74) is 4.62. The van der Waals surface area contributed by atoms with Crippen molar-refractivity contribution in [2.75, 3.05) is 22.5 Å². The third-order valence-corrected chi connectivity index (χ3v) is 5.13. The van der Waals surface area contributed by atoms with Gasteiger partial charge in [0.15, 0.2) is 5.65 Å². The van der Waals surface area contributed by atoms with Gasteiger partial charge in [-0.25, -0.2) is 19.6 Å². The average Bonchev–Trinajstić information content (AvgIpc) is 3.15. The molecule has 4 aromatic rings. The summed E-state index contributed by atoms with van der Waals surface area (Å²) in [5.74, 6) is 1.25. The van der Waals surface area contributed by atoms with Crippen LogP contribution in [0, 0.1) is 6.92 Å². The van der Waals surface area contributed by atoms with Crippen molar-refractivity contribution in [3.8, 4) is 0 Å². The highest BCUT2D eigenvalue weighted by molar-refractivity contribution is 6.04. The molecule has 1 aromatic carbocycles. The number of nitrogens with one attached hydrogen (secondary N) is 3. The number of pyridine rings is 1. The van der Waals surface area contributed by atoms with E-state index in [1.807, 2.05) is 58.2 Å². The van der Waals surface area contributed by atoms with Crippen LogP contribution in [-0.2, 0) is 7.05 Å². The summed E-state index contributed by atoms with van der Waals surface area (Å²) in [6.07, 6.45) is 4.96. The van der Waals surface area contributed by atoms with Crippen molar-refractivity contribution >= 4 is 34.4 Å². The molecule has 32 heavy (non-hydrogen) atoms. The summed E-state index contributed by atoms with van der Waals surface area (Å²) in [6, 6.07) is 9.51. The van der Waals surface area contributed by atoms with E-state index >= 15 is 0 Å². The molecular formula is C23H26N8O. The van der Waals surface area contributed by atoms with Crippen molar-refractivity contribution in [3.63, 3.8) is 0 Å². The van der Waals surface area contributed by atoms with Crippen LogP contribution in [0.15, 0.2) is 48.9 Å². The summed E-state index contributed by atoms with van der Waals surface area (Å²) in [5, 5.41) is 13.7. The van der Waals surface area contributed by atoms with Gasteiger partial charge in [-0.3, -0.25) is 4.79 Å². The first-order chi connectivity index (χ1) is 15.4. The summed E-state index contributed by atoms with van der Waals surface area (Å²) in [6.45, 7) is 6.75. The van der Waals surface area contributed by atoms with Gasteiger partial charge in [-0.15, -0.1) is 0 Å². The molecule has 0 saturated carbocycles. The minimum absolute atomic E-state index is 0.0462. The predicted octanol–water partition coefficient (Wildman–Crippen LogP) is 3.92. The third kappa shape index (κ3) is 4.51. The molecule has 164 valence electrons. The number of carbonyl (C=O) groups excluding carboxylic acids is 1. The van der Waals surface area contributed by atoms with Crippen molar-refractivity contribution in [1.29, 1.82) is 0 Å². The van der Waals surface area contributed by atoms with Crippen molar-refractivity contribution in [3.05, 3.63) is 65.6 Å². The smallest absolute Gasteiger partial charge is 0.257 e. The fourth-order valence-corrected chi connectivity index (χ4v) is 3.43. The van der Waals surface area contributed by atoms with Crippen molar-refractivity contribution in [2.45, 2.75) is 26.8 Å².